The first-order valence-corrected chi connectivity index (χ1v) is 5.73. The standard InChI is InChI=1S/C15H7F3N2O/c16-15(17,18)13-7-11(9-20)3-6-14(13)21-12-4-1-10(8-19)2-5-12/h1-7H. The number of hydrogen-bond acceptors (Lipinski definition) is 3. The van der Waals surface area contributed by atoms with Crippen LogP contribution in [0.25, 0.3) is 0 Å². The Morgan fingerprint density at radius 2 is 1.43 bits per heavy atom. The van der Waals surface area contributed by atoms with E-state index < -0.39 is 17.5 Å². The molecule has 0 spiro atoms. The zero-order chi connectivity index (χ0) is 15.5. The molecule has 0 radical (unpaired) electrons. The second-order valence-electron chi connectivity index (χ2n) is 4.06. The Morgan fingerprint density at radius 1 is 0.857 bits per heavy atom. The van der Waals surface area contributed by atoms with Crippen LogP contribution < -0.4 is 4.74 Å². The molecule has 0 unspecified atom stereocenters. The first-order valence-electron chi connectivity index (χ1n) is 5.73. The average Bonchev–Trinajstić information content (AvgIpc) is 2.47. The molecule has 0 atom stereocenters. The molecule has 2 aromatic rings. The third-order valence-electron chi connectivity index (χ3n) is 2.63. The minimum absolute atomic E-state index is 0.102. The summed E-state index contributed by atoms with van der Waals surface area (Å²) in [6.07, 6.45) is -4.63. The van der Waals surface area contributed by atoms with Crippen molar-refractivity contribution in [3.63, 3.8) is 0 Å². The Balaban J connectivity index is 2.39. The second-order valence-corrected chi connectivity index (χ2v) is 4.06. The van der Waals surface area contributed by atoms with E-state index in [4.69, 9.17) is 15.3 Å². The van der Waals surface area contributed by atoms with Crippen LogP contribution >= 0.6 is 0 Å². The third-order valence-corrected chi connectivity index (χ3v) is 2.63. The topological polar surface area (TPSA) is 56.8 Å². The van der Waals surface area contributed by atoms with Crippen molar-refractivity contribution in [1.29, 1.82) is 10.5 Å². The first kappa shape index (κ1) is 14.4. The number of hydrogen-bond donors (Lipinski definition) is 0. The van der Waals surface area contributed by atoms with Crippen molar-refractivity contribution in [2.45, 2.75) is 6.18 Å². The fourth-order valence-electron chi connectivity index (χ4n) is 1.63. The molecule has 0 bridgehead atoms. The summed E-state index contributed by atoms with van der Waals surface area (Å²) < 4.78 is 44.1. The van der Waals surface area contributed by atoms with E-state index in [0.29, 0.717) is 5.56 Å². The van der Waals surface area contributed by atoms with Crippen LogP contribution in [0.1, 0.15) is 16.7 Å². The highest BCUT2D eigenvalue weighted by molar-refractivity contribution is 5.46. The predicted molar refractivity (Wildman–Crippen MR) is 67.4 cm³/mol. The van der Waals surface area contributed by atoms with Crippen LogP contribution in [0.3, 0.4) is 0 Å². The fourth-order valence-corrected chi connectivity index (χ4v) is 1.63. The van der Waals surface area contributed by atoms with Crippen LogP contribution in [-0.2, 0) is 6.18 Å². The third kappa shape index (κ3) is 3.31. The van der Waals surface area contributed by atoms with Gasteiger partial charge < -0.3 is 4.74 Å². The first-order chi connectivity index (χ1) is 9.94. The van der Waals surface area contributed by atoms with Crippen molar-refractivity contribution in [3.8, 4) is 23.6 Å². The number of ether oxygens (including phenoxy) is 1. The molecule has 0 amide bonds. The smallest absolute Gasteiger partial charge is 0.420 e. The number of halogens is 3. The molecule has 2 aromatic carbocycles. The van der Waals surface area contributed by atoms with Gasteiger partial charge in [0.15, 0.2) is 0 Å². The Morgan fingerprint density at radius 3 is 1.95 bits per heavy atom. The van der Waals surface area contributed by atoms with Gasteiger partial charge in [-0.15, -0.1) is 0 Å². The Labute approximate surface area is 118 Å². The van der Waals surface area contributed by atoms with Crippen LogP contribution in [0.2, 0.25) is 0 Å². The summed E-state index contributed by atoms with van der Waals surface area (Å²) in [7, 11) is 0. The lowest BCUT2D eigenvalue weighted by atomic mass is 10.1. The van der Waals surface area contributed by atoms with Gasteiger partial charge in [-0.3, -0.25) is 0 Å². The highest BCUT2D eigenvalue weighted by Crippen LogP contribution is 2.38. The predicted octanol–water partition coefficient (Wildman–Crippen LogP) is 4.24. The Kier molecular flexibility index (Phi) is 3.82. The molecule has 6 heteroatoms. The van der Waals surface area contributed by atoms with Crippen molar-refractivity contribution >= 4 is 0 Å². The number of rotatable bonds is 2. The highest BCUT2D eigenvalue weighted by atomic mass is 19.4. The van der Waals surface area contributed by atoms with E-state index in [0.717, 1.165) is 12.1 Å². The molecule has 0 aliphatic rings. The zero-order valence-electron chi connectivity index (χ0n) is 10.5. The van der Waals surface area contributed by atoms with E-state index in [1.54, 1.807) is 6.07 Å². The maximum absolute atomic E-state index is 13.0. The van der Waals surface area contributed by atoms with E-state index in [9.17, 15) is 13.2 Å². The van der Waals surface area contributed by atoms with Crippen LogP contribution in [0, 0.1) is 22.7 Å². The van der Waals surface area contributed by atoms with E-state index >= 15 is 0 Å². The molecule has 21 heavy (non-hydrogen) atoms. The van der Waals surface area contributed by atoms with Gasteiger partial charge in [0, 0.05) is 0 Å². The summed E-state index contributed by atoms with van der Waals surface area (Å²) in [5, 5.41) is 17.3. The monoisotopic (exact) mass is 288 g/mol. The molecule has 0 saturated carbocycles. The molecule has 3 nitrogen and oxygen atoms in total. The van der Waals surface area contributed by atoms with Gasteiger partial charge in [-0.05, 0) is 42.5 Å². The van der Waals surface area contributed by atoms with Gasteiger partial charge in [0.2, 0.25) is 0 Å². The molecule has 0 heterocycles. The van der Waals surface area contributed by atoms with Gasteiger partial charge >= 0.3 is 6.18 Å². The number of nitrogens with zero attached hydrogens (tertiary/aromatic N) is 2. The van der Waals surface area contributed by atoms with E-state index in [1.807, 2.05) is 6.07 Å². The van der Waals surface area contributed by atoms with E-state index in [1.165, 1.54) is 30.3 Å². The molecular weight excluding hydrogens is 281 g/mol. The highest BCUT2D eigenvalue weighted by Gasteiger charge is 2.35. The van der Waals surface area contributed by atoms with Crippen LogP contribution in [0.4, 0.5) is 13.2 Å². The summed E-state index contributed by atoms with van der Waals surface area (Å²) in [5.74, 6) is -0.226. The normalized spacial score (nSPS) is 10.5. The molecule has 0 N–H and O–H groups in total. The van der Waals surface area contributed by atoms with E-state index in [-0.39, 0.29) is 11.3 Å². The summed E-state index contributed by atoms with van der Waals surface area (Å²) in [5.41, 5.74) is -0.751. The van der Waals surface area contributed by atoms with Gasteiger partial charge in [0.05, 0.1) is 28.8 Å². The second kappa shape index (κ2) is 5.56. The van der Waals surface area contributed by atoms with Crippen molar-refractivity contribution < 1.29 is 17.9 Å². The molecule has 104 valence electrons. The molecule has 0 aliphatic heterocycles. The van der Waals surface area contributed by atoms with Crippen molar-refractivity contribution in [2.24, 2.45) is 0 Å². The van der Waals surface area contributed by atoms with Gasteiger partial charge in [-0.2, -0.15) is 23.7 Å². The minimum atomic E-state index is -4.63. The SMILES string of the molecule is N#Cc1ccc(Oc2ccc(C#N)cc2C(F)(F)F)cc1. The molecule has 0 aromatic heterocycles. The number of benzene rings is 2. The molecule has 0 fully saturated rings. The lowest BCUT2D eigenvalue weighted by Gasteiger charge is -2.14. The minimum Gasteiger partial charge on any atom is -0.457 e. The maximum atomic E-state index is 13.0. The van der Waals surface area contributed by atoms with Crippen molar-refractivity contribution in [1.82, 2.24) is 0 Å². The zero-order valence-corrected chi connectivity index (χ0v) is 10.5. The number of alkyl halides is 3. The quantitative estimate of drug-likeness (QED) is 0.830. The summed E-state index contributed by atoms with van der Waals surface area (Å²) >= 11 is 0. The fraction of sp³-hybridized carbons (Fsp3) is 0.0667. The lowest BCUT2D eigenvalue weighted by molar-refractivity contribution is -0.138. The van der Waals surface area contributed by atoms with Gasteiger partial charge in [0.25, 0.3) is 0 Å². The number of nitriles is 2. The average molecular weight is 288 g/mol. The largest absolute Gasteiger partial charge is 0.457 e. The van der Waals surface area contributed by atoms with Gasteiger partial charge in [-0.1, -0.05) is 0 Å². The van der Waals surface area contributed by atoms with Crippen LogP contribution in [0.5, 0.6) is 11.5 Å². The van der Waals surface area contributed by atoms with Crippen molar-refractivity contribution in [2.75, 3.05) is 0 Å². The molecule has 0 saturated heterocycles. The maximum Gasteiger partial charge on any atom is 0.420 e. The molecular formula is C15H7F3N2O. The molecule has 2 rings (SSSR count). The lowest BCUT2D eigenvalue weighted by Crippen LogP contribution is -2.07. The Bertz CT molecular complexity index is 737. The Hall–Kier alpha value is -2.99. The molecule has 0 aliphatic carbocycles. The van der Waals surface area contributed by atoms with Crippen molar-refractivity contribution in [3.05, 3.63) is 59.2 Å². The van der Waals surface area contributed by atoms with Crippen LogP contribution in [-0.4, -0.2) is 0 Å². The summed E-state index contributed by atoms with van der Waals surface area (Å²) in [6.45, 7) is 0. The van der Waals surface area contributed by atoms with Crippen LogP contribution in [0.15, 0.2) is 42.5 Å². The van der Waals surface area contributed by atoms with Gasteiger partial charge in [-0.25, -0.2) is 0 Å². The summed E-state index contributed by atoms with van der Waals surface area (Å²) in [6, 6.07) is 12.3. The van der Waals surface area contributed by atoms with Gasteiger partial charge in [0.1, 0.15) is 11.5 Å². The summed E-state index contributed by atoms with van der Waals surface area (Å²) in [4.78, 5) is 0. The van der Waals surface area contributed by atoms with E-state index in [2.05, 4.69) is 0 Å².